The molecule has 0 aliphatic heterocycles. The van der Waals surface area contributed by atoms with E-state index in [2.05, 4.69) is 14.7 Å². The third-order valence-corrected chi connectivity index (χ3v) is 7.13. The van der Waals surface area contributed by atoms with Crippen LogP contribution in [0.2, 0.25) is 0 Å². The van der Waals surface area contributed by atoms with Crippen molar-refractivity contribution < 1.29 is 8.42 Å². The highest BCUT2D eigenvalue weighted by Gasteiger charge is 2.29. The summed E-state index contributed by atoms with van der Waals surface area (Å²) < 4.78 is 28.7. The molecule has 2 aromatic heterocycles. The van der Waals surface area contributed by atoms with Crippen molar-refractivity contribution in [3.63, 3.8) is 0 Å². The second kappa shape index (κ2) is 8.33. The second-order valence-corrected chi connectivity index (χ2v) is 9.69. The van der Waals surface area contributed by atoms with E-state index < -0.39 is 10.0 Å². The number of pyridine rings is 1. The van der Waals surface area contributed by atoms with Crippen LogP contribution in [0.3, 0.4) is 0 Å². The Morgan fingerprint density at radius 2 is 1.90 bits per heavy atom. The first-order chi connectivity index (χ1) is 14.7. The predicted octanol–water partition coefficient (Wildman–Crippen LogP) is 2.56. The van der Waals surface area contributed by atoms with Gasteiger partial charge in [0, 0.05) is 35.1 Å². The lowest BCUT2D eigenvalue weighted by Gasteiger charge is -2.18. The van der Waals surface area contributed by atoms with Gasteiger partial charge in [-0.2, -0.15) is 0 Å². The van der Waals surface area contributed by atoms with E-state index in [0.717, 1.165) is 36.1 Å². The molecule has 0 spiro atoms. The minimum atomic E-state index is -3.71. The summed E-state index contributed by atoms with van der Waals surface area (Å²) in [5, 5.41) is 0. The minimum absolute atomic E-state index is 0.158. The van der Waals surface area contributed by atoms with Crippen LogP contribution in [0.15, 0.2) is 47.6 Å². The summed E-state index contributed by atoms with van der Waals surface area (Å²) in [6, 6.07) is 8.29. The van der Waals surface area contributed by atoms with Gasteiger partial charge < -0.3 is 11.5 Å². The van der Waals surface area contributed by atoms with Gasteiger partial charge in [-0.25, -0.2) is 23.1 Å². The van der Waals surface area contributed by atoms with Gasteiger partial charge in [0.1, 0.15) is 11.5 Å². The van der Waals surface area contributed by atoms with Gasteiger partial charge in [0.2, 0.25) is 10.0 Å². The van der Waals surface area contributed by atoms with E-state index in [4.69, 9.17) is 16.5 Å². The number of nitrogens with zero attached hydrogens (tertiary/aromatic N) is 3. The average molecular weight is 439 g/mol. The molecule has 9 heteroatoms. The Hall–Kier alpha value is -2.88. The van der Waals surface area contributed by atoms with E-state index in [1.54, 1.807) is 30.6 Å². The number of sulfonamides is 1. The maximum Gasteiger partial charge on any atom is 0.240 e. The molecule has 4 rings (SSSR count). The number of anilines is 1. The van der Waals surface area contributed by atoms with Crippen LogP contribution in [0.1, 0.15) is 30.5 Å². The Morgan fingerprint density at radius 3 is 2.61 bits per heavy atom. The molecule has 0 saturated heterocycles. The van der Waals surface area contributed by atoms with Gasteiger partial charge in [0.05, 0.1) is 16.8 Å². The van der Waals surface area contributed by atoms with Crippen LogP contribution in [0.4, 0.5) is 5.82 Å². The van der Waals surface area contributed by atoms with Crippen molar-refractivity contribution in [2.24, 2.45) is 5.73 Å². The molecule has 2 heterocycles. The Balaban J connectivity index is 1.73. The summed E-state index contributed by atoms with van der Waals surface area (Å²) in [4.78, 5) is 13.4. The molecule has 1 aliphatic rings. The van der Waals surface area contributed by atoms with E-state index in [9.17, 15) is 8.42 Å². The third kappa shape index (κ3) is 4.43. The monoisotopic (exact) mass is 438 g/mol. The molecule has 5 N–H and O–H groups in total. The van der Waals surface area contributed by atoms with Crippen LogP contribution in [0.5, 0.6) is 0 Å². The van der Waals surface area contributed by atoms with Crippen molar-refractivity contribution >= 4 is 15.8 Å². The Labute approximate surface area is 182 Å². The Bertz CT molecular complexity index is 1230. The maximum atomic E-state index is 13.0. The molecule has 2 atom stereocenters. The lowest BCUT2D eigenvalue weighted by atomic mass is 10.1. The largest absolute Gasteiger partial charge is 0.382 e. The van der Waals surface area contributed by atoms with Gasteiger partial charge in [0.15, 0.2) is 0 Å². The van der Waals surface area contributed by atoms with Crippen LogP contribution in [-0.4, -0.2) is 35.5 Å². The maximum absolute atomic E-state index is 13.0. The van der Waals surface area contributed by atoms with E-state index >= 15 is 0 Å². The molecule has 0 bridgehead atoms. The molecule has 1 fully saturated rings. The molecular weight excluding hydrogens is 412 g/mol. The van der Waals surface area contributed by atoms with Gasteiger partial charge in [-0.05, 0) is 56.5 Å². The van der Waals surface area contributed by atoms with Crippen molar-refractivity contribution in [3.05, 3.63) is 54.0 Å². The van der Waals surface area contributed by atoms with Crippen LogP contribution >= 0.6 is 0 Å². The van der Waals surface area contributed by atoms with Crippen LogP contribution in [0.25, 0.3) is 22.5 Å². The Morgan fingerprint density at radius 1 is 1.10 bits per heavy atom. The quantitative estimate of drug-likeness (QED) is 0.557. The molecule has 0 amide bonds. The normalized spacial score (nSPS) is 18.9. The molecule has 162 valence electrons. The van der Waals surface area contributed by atoms with Gasteiger partial charge in [-0.15, -0.1) is 0 Å². The summed E-state index contributed by atoms with van der Waals surface area (Å²) in [5.74, 6) is 0.299. The first kappa shape index (κ1) is 21.4. The van der Waals surface area contributed by atoms with Crippen molar-refractivity contribution in [1.82, 2.24) is 19.7 Å². The SMILES string of the molecule is Cc1cc(-c2nc(-c3cc(S(=O)(=O)N[C@@H]4CCC[C@H]4N)ccc3C)cnc2N)ccn1. The molecule has 31 heavy (non-hydrogen) atoms. The highest BCUT2D eigenvalue weighted by atomic mass is 32.2. The zero-order chi connectivity index (χ0) is 22.2. The summed E-state index contributed by atoms with van der Waals surface area (Å²) in [6.45, 7) is 3.79. The first-order valence-corrected chi connectivity index (χ1v) is 11.7. The zero-order valence-corrected chi connectivity index (χ0v) is 18.4. The van der Waals surface area contributed by atoms with Gasteiger partial charge in [-0.1, -0.05) is 12.5 Å². The summed E-state index contributed by atoms with van der Waals surface area (Å²) in [5.41, 5.74) is 16.4. The van der Waals surface area contributed by atoms with Crippen LogP contribution in [0, 0.1) is 13.8 Å². The molecule has 0 radical (unpaired) electrons. The zero-order valence-electron chi connectivity index (χ0n) is 17.5. The van der Waals surface area contributed by atoms with Gasteiger partial charge in [-0.3, -0.25) is 4.98 Å². The van der Waals surface area contributed by atoms with E-state index in [1.165, 1.54) is 0 Å². The van der Waals surface area contributed by atoms with Crippen LogP contribution < -0.4 is 16.2 Å². The highest BCUT2D eigenvalue weighted by molar-refractivity contribution is 7.89. The van der Waals surface area contributed by atoms with Crippen LogP contribution in [-0.2, 0) is 10.0 Å². The molecule has 0 unspecified atom stereocenters. The number of nitrogen functional groups attached to an aromatic ring is 1. The third-order valence-electron chi connectivity index (χ3n) is 5.64. The summed E-state index contributed by atoms with van der Waals surface area (Å²) in [7, 11) is -3.71. The molecular formula is C22H26N6O2S. The molecule has 1 saturated carbocycles. The number of hydrogen-bond acceptors (Lipinski definition) is 7. The number of rotatable bonds is 5. The first-order valence-electron chi connectivity index (χ1n) is 10.2. The average Bonchev–Trinajstić information content (AvgIpc) is 3.12. The number of aryl methyl sites for hydroxylation is 2. The molecule has 1 aromatic carbocycles. The number of nitrogens with two attached hydrogens (primary N) is 2. The predicted molar refractivity (Wildman–Crippen MR) is 121 cm³/mol. The minimum Gasteiger partial charge on any atom is -0.382 e. The summed E-state index contributed by atoms with van der Waals surface area (Å²) >= 11 is 0. The Kier molecular flexibility index (Phi) is 5.74. The lowest BCUT2D eigenvalue weighted by Crippen LogP contribution is -2.43. The van der Waals surface area contributed by atoms with E-state index in [0.29, 0.717) is 22.8 Å². The highest BCUT2D eigenvalue weighted by Crippen LogP contribution is 2.30. The van der Waals surface area contributed by atoms with Crippen molar-refractivity contribution in [1.29, 1.82) is 0 Å². The molecule has 8 nitrogen and oxygen atoms in total. The fourth-order valence-electron chi connectivity index (χ4n) is 3.88. The number of aromatic nitrogens is 3. The number of hydrogen-bond donors (Lipinski definition) is 3. The smallest absolute Gasteiger partial charge is 0.240 e. The van der Waals surface area contributed by atoms with Crippen molar-refractivity contribution in [2.45, 2.75) is 50.1 Å². The fourth-order valence-corrected chi connectivity index (χ4v) is 5.23. The van der Waals surface area contributed by atoms with Gasteiger partial charge in [0.25, 0.3) is 0 Å². The number of benzene rings is 1. The second-order valence-electron chi connectivity index (χ2n) is 7.97. The summed E-state index contributed by atoms with van der Waals surface area (Å²) in [6.07, 6.45) is 5.75. The number of nitrogens with one attached hydrogen (secondary N) is 1. The van der Waals surface area contributed by atoms with E-state index in [-0.39, 0.29) is 17.0 Å². The van der Waals surface area contributed by atoms with E-state index in [1.807, 2.05) is 26.0 Å². The van der Waals surface area contributed by atoms with Crippen molar-refractivity contribution in [2.75, 3.05) is 5.73 Å². The molecule has 1 aliphatic carbocycles. The van der Waals surface area contributed by atoms with Crippen molar-refractivity contribution in [3.8, 4) is 22.5 Å². The topological polar surface area (TPSA) is 137 Å². The van der Waals surface area contributed by atoms with Gasteiger partial charge >= 0.3 is 0 Å². The standard InChI is InChI=1S/C22H26N6O2S/c1-13-6-7-16(31(29,30)28-19-5-3-4-18(19)23)11-17(13)20-12-26-22(24)21(27-20)15-8-9-25-14(2)10-15/h6-12,18-19,28H,3-5,23H2,1-2H3,(H2,24,26)/t18-,19-/m1/s1. The fraction of sp³-hybridized carbons (Fsp3) is 0.318. The lowest BCUT2D eigenvalue weighted by molar-refractivity contribution is 0.522. The molecule has 3 aromatic rings.